The Balaban J connectivity index is 1.83. The van der Waals surface area contributed by atoms with Crippen LogP contribution in [-0.2, 0) is 11.3 Å². The van der Waals surface area contributed by atoms with E-state index in [1.165, 1.54) is 0 Å². The summed E-state index contributed by atoms with van der Waals surface area (Å²) in [7, 11) is 0. The number of rotatable bonds is 4. The lowest BCUT2D eigenvalue weighted by atomic mass is 10.0. The van der Waals surface area contributed by atoms with Crippen LogP contribution in [0.2, 0.25) is 10.0 Å². The highest BCUT2D eigenvalue weighted by molar-refractivity contribution is 6.42. The van der Waals surface area contributed by atoms with Gasteiger partial charge in [0.2, 0.25) is 0 Å². The SMILES string of the molecule is OC1(CNCc2ccc(Cl)c(Cl)c2)CCOC1. The third-order valence-electron chi connectivity index (χ3n) is 2.85. The van der Waals surface area contributed by atoms with Gasteiger partial charge < -0.3 is 15.2 Å². The van der Waals surface area contributed by atoms with Crippen molar-refractivity contribution in [2.45, 2.75) is 18.6 Å². The molecule has 94 valence electrons. The maximum atomic E-state index is 10.0. The number of halogens is 2. The minimum Gasteiger partial charge on any atom is -0.386 e. The minimum absolute atomic E-state index is 0.404. The van der Waals surface area contributed by atoms with Gasteiger partial charge in [-0.3, -0.25) is 0 Å². The topological polar surface area (TPSA) is 41.5 Å². The summed E-state index contributed by atoms with van der Waals surface area (Å²) in [6.45, 7) is 2.21. The van der Waals surface area contributed by atoms with Crippen LogP contribution in [0.15, 0.2) is 18.2 Å². The summed E-state index contributed by atoms with van der Waals surface area (Å²) in [5.41, 5.74) is 0.317. The molecule has 0 aromatic heterocycles. The predicted molar refractivity (Wildman–Crippen MR) is 68.6 cm³/mol. The van der Waals surface area contributed by atoms with Gasteiger partial charge in [0.1, 0.15) is 5.60 Å². The van der Waals surface area contributed by atoms with Gasteiger partial charge in [0.05, 0.1) is 16.7 Å². The molecule has 1 fully saturated rings. The highest BCUT2D eigenvalue weighted by Crippen LogP contribution is 2.22. The quantitative estimate of drug-likeness (QED) is 0.886. The van der Waals surface area contributed by atoms with E-state index < -0.39 is 5.60 Å². The van der Waals surface area contributed by atoms with E-state index in [4.69, 9.17) is 27.9 Å². The second-order valence-electron chi connectivity index (χ2n) is 4.38. The molecule has 1 aromatic carbocycles. The van der Waals surface area contributed by atoms with E-state index in [0.717, 1.165) is 5.56 Å². The van der Waals surface area contributed by atoms with Crippen molar-refractivity contribution in [3.63, 3.8) is 0 Å². The van der Waals surface area contributed by atoms with Crippen LogP contribution in [0, 0.1) is 0 Å². The van der Waals surface area contributed by atoms with Crippen molar-refractivity contribution < 1.29 is 9.84 Å². The molecule has 1 unspecified atom stereocenters. The van der Waals surface area contributed by atoms with E-state index in [1.54, 1.807) is 6.07 Å². The zero-order chi connectivity index (χ0) is 12.3. The molecule has 0 amide bonds. The fourth-order valence-corrected chi connectivity index (χ4v) is 2.15. The molecular weight excluding hydrogens is 261 g/mol. The van der Waals surface area contributed by atoms with Crippen molar-refractivity contribution in [2.24, 2.45) is 0 Å². The smallest absolute Gasteiger partial charge is 0.102 e. The molecule has 2 rings (SSSR count). The van der Waals surface area contributed by atoms with E-state index in [1.807, 2.05) is 12.1 Å². The molecule has 5 heteroatoms. The number of benzene rings is 1. The Kier molecular flexibility index (Phi) is 4.28. The van der Waals surface area contributed by atoms with Gasteiger partial charge in [0.15, 0.2) is 0 Å². The lowest BCUT2D eigenvalue weighted by Crippen LogP contribution is -2.40. The Bertz CT molecular complexity index is 392. The summed E-state index contributed by atoms with van der Waals surface area (Å²) in [6, 6.07) is 5.51. The largest absolute Gasteiger partial charge is 0.386 e. The number of ether oxygens (including phenoxy) is 1. The molecule has 1 aromatic rings. The summed E-state index contributed by atoms with van der Waals surface area (Å²) in [5.74, 6) is 0. The van der Waals surface area contributed by atoms with Gasteiger partial charge in [-0.15, -0.1) is 0 Å². The van der Waals surface area contributed by atoms with Crippen molar-refractivity contribution in [1.82, 2.24) is 5.32 Å². The average Bonchev–Trinajstić information content (AvgIpc) is 2.71. The Hall–Kier alpha value is -0.320. The molecule has 0 saturated carbocycles. The zero-order valence-electron chi connectivity index (χ0n) is 9.38. The maximum absolute atomic E-state index is 10.0. The van der Waals surface area contributed by atoms with E-state index in [-0.39, 0.29) is 0 Å². The summed E-state index contributed by atoms with van der Waals surface area (Å²) in [6.07, 6.45) is 0.682. The first kappa shape index (κ1) is 13.1. The van der Waals surface area contributed by atoms with Crippen molar-refractivity contribution in [2.75, 3.05) is 19.8 Å². The van der Waals surface area contributed by atoms with Gasteiger partial charge in [-0.1, -0.05) is 29.3 Å². The van der Waals surface area contributed by atoms with Gasteiger partial charge in [0.25, 0.3) is 0 Å². The van der Waals surface area contributed by atoms with Gasteiger partial charge in [-0.25, -0.2) is 0 Å². The van der Waals surface area contributed by atoms with Crippen molar-refractivity contribution in [3.05, 3.63) is 33.8 Å². The van der Waals surface area contributed by atoms with Crippen LogP contribution in [0.5, 0.6) is 0 Å². The second-order valence-corrected chi connectivity index (χ2v) is 5.19. The lowest BCUT2D eigenvalue weighted by molar-refractivity contribution is 0.0268. The van der Waals surface area contributed by atoms with Crippen LogP contribution in [-0.4, -0.2) is 30.5 Å². The third-order valence-corrected chi connectivity index (χ3v) is 3.59. The van der Waals surface area contributed by atoms with Crippen molar-refractivity contribution in [1.29, 1.82) is 0 Å². The molecule has 3 nitrogen and oxygen atoms in total. The van der Waals surface area contributed by atoms with Crippen LogP contribution in [0.25, 0.3) is 0 Å². The fraction of sp³-hybridized carbons (Fsp3) is 0.500. The molecule has 1 heterocycles. The number of nitrogens with one attached hydrogen (secondary N) is 1. The Morgan fingerprint density at radius 2 is 2.18 bits per heavy atom. The van der Waals surface area contributed by atoms with E-state index >= 15 is 0 Å². The summed E-state index contributed by atoms with van der Waals surface area (Å²) in [4.78, 5) is 0. The molecule has 1 atom stereocenters. The maximum Gasteiger partial charge on any atom is 0.102 e. The highest BCUT2D eigenvalue weighted by Gasteiger charge is 2.31. The van der Waals surface area contributed by atoms with Crippen LogP contribution in [0.3, 0.4) is 0 Å². The summed E-state index contributed by atoms with van der Waals surface area (Å²) < 4.78 is 5.17. The predicted octanol–water partition coefficient (Wildman–Crippen LogP) is 2.23. The summed E-state index contributed by atoms with van der Waals surface area (Å²) >= 11 is 11.7. The van der Waals surface area contributed by atoms with Gasteiger partial charge >= 0.3 is 0 Å². The number of hydrogen-bond acceptors (Lipinski definition) is 3. The van der Waals surface area contributed by atoms with Crippen molar-refractivity contribution in [3.8, 4) is 0 Å². The Morgan fingerprint density at radius 3 is 2.82 bits per heavy atom. The fourth-order valence-electron chi connectivity index (χ4n) is 1.82. The highest BCUT2D eigenvalue weighted by atomic mass is 35.5. The summed E-state index contributed by atoms with van der Waals surface area (Å²) in [5, 5.41) is 14.3. The molecular formula is C12H15Cl2NO2. The molecule has 0 aliphatic carbocycles. The Morgan fingerprint density at radius 1 is 1.35 bits per heavy atom. The molecule has 0 spiro atoms. The molecule has 1 saturated heterocycles. The second kappa shape index (κ2) is 5.55. The monoisotopic (exact) mass is 275 g/mol. The molecule has 2 N–H and O–H groups in total. The van der Waals surface area contributed by atoms with E-state index in [2.05, 4.69) is 5.32 Å². The van der Waals surface area contributed by atoms with E-state index in [9.17, 15) is 5.11 Å². The molecule has 0 radical (unpaired) electrons. The molecule has 0 bridgehead atoms. The first-order valence-electron chi connectivity index (χ1n) is 5.54. The van der Waals surface area contributed by atoms with Crippen molar-refractivity contribution >= 4 is 23.2 Å². The first-order valence-corrected chi connectivity index (χ1v) is 6.29. The lowest BCUT2D eigenvalue weighted by Gasteiger charge is -2.20. The van der Waals surface area contributed by atoms with Gasteiger partial charge in [0, 0.05) is 26.1 Å². The van der Waals surface area contributed by atoms with Crippen LogP contribution < -0.4 is 5.32 Å². The van der Waals surface area contributed by atoms with Crippen LogP contribution in [0.4, 0.5) is 0 Å². The third kappa shape index (κ3) is 3.57. The van der Waals surface area contributed by atoms with Gasteiger partial charge in [-0.2, -0.15) is 0 Å². The number of aliphatic hydroxyl groups is 1. The zero-order valence-corrected chi connectivity index (χ0v) is 10.9. The normalized spacial score (nSPS) is 24.2. The van der Waals surface area contributed by atoms with Gasteiger partial charge in [-0.05, 0) is 17.7 Å². The average molecular weight is 276 g/mol. The van der Waals surface area contributed by atoms with E-state index in [0.29, 0.717) is 42.8 Å². The molecule has 17 heavy (non-hydrogen) atoms. The van der Waals surface area contributed by atoms with Crippen LogP contribution >= 0.6 is 23.2 Å². The van der Waals surface area contributed by atoms with Crippen LogP contribution in [0.1, 0.15) is 12.0 Å². The first-order chi connectivity index (χ1) is 8.09. The number of hydrogen-bond donors (Lipinski definition) is 2. The Labute approximate surface area is 111 Å². The minimum atomic E-state index is -0.726. The molecule has 1 aliphatic rings. The molecule has 1 aliphatic heterocycles. The standard InChI is InChI=1S/C12H15Cl2NO2/c13-10-2-1-9(5-11(10)14)6-15-7-12(16)3-4-17-8-12/h1-2,5,15-16H,3-4,6-8H2.